The van der Waals surface area contributed by atoms with Gasteiger partial charge in [0.15, 0.2) is 0 Å². The number of hydrogen-bond acceptors (Lipinski definition) is 5. The third-order valence-electron chi connectivity index (χ3n) is 6.64. The van der Waals surface area contributed by atoms with E-state index in [2.05, 4.69) is 15.6 Å². The second-order valence-electron chi connectivity index (χ2n) is 8.99. The Morgan fingerprint density at radius 3 is 2.56 bits per heavy atom. The molecule has 2 aromatic carbocycles. The lowest BCUT2D eigenvalue weighted by atomic mass is 9.98. The van der Waals surface area contributed by atoms with E-state index in [1.165, 1.54) is 6.20 Å². The largest absolute Gasteiger partial charge is 0.326 e. The van der Waals surface area contributed by atoms with E-state index in [4.69, 9.17) is 0 Å². The molecule has 9 nitrogen and oxygen atoms in total. The molecular weight excluding hydrogens is 458 g/mol. The van der Waals surface area contributed by atoms with Gasteiger partial charge >= 0.3 is 0 Å². The normalized spacial score (nSPS) is 18.5. The van der Waals surface area contributed by atoms with Crippen LogP contribution < -0.4 is 15.5 Å². The van der Waals surface area contributed by atoms with Crippen LogP contribution in [0.1, 0.15) is 46.9 Å². The van der Waals surface area contributed by atoms with E-state index in [1.807, 2.05) is 13.0 Å². The molecule has 0 unspecified atom stereocenters. The summed E-state index contributed by atoms with van der Waals surface area (Å²) in [5.41, 5.74) is 1.74. The molecule has 36 heavy (non-hydrogen) atoms. The van der Waals surface area contributed by atoms with Crippen LogP contribution in [0.15, 0.2) is 73.1 Å². The molecule has 2 N–H and O–H groups in total. The van der Waals surface area contributed by atoms with E-state index < -0.39 is 5.66 Å². The molecule has 1 fully saturated rings. The van der Waals surface area contributed by atoms with Crippen molar-refractivity contribution in [3.05, 3.63) is 84.2 Å². The summed E-state index contributed by atoms with van der Waals surface area (Å²) in [5.74, 6) is -0.805. The molecule has 0 spiro atoms. The van der Waals surface area contributed by atoms with Crippen molar-refractivity contribution >= 4 is 40.7 Å². The molecule has 3 aromatic rings. The summed E-state index contributed by atoms with van der Waals surface area (Å²) in [7, 11) is 0. The first-order valence-electron chi connectivity index (χ1n) is 11.7. The zero-order valence-electron chi connectivity index (χ0n) is 19.7. The highest BCUT2D eigenvalue weighted by molar-refractivity contribution is 6.10. The van der Waals surface area contributed by atoms with Crippen LogP contribution in [-0.4, -0.2) is 45.7 Å². The van der Waals surface area contributed by atoms with Crippen molar-refractivity contribution in [3.8, 4) is 0 Å². The molecule has 5 rings (SSSR count). The Hall–Kier alpha value is -4.53. The summed E-state index contributed by atoms with van der Waals surface area (Å²) in [5, 5.41) is 5.61. The minimum Gasteiger partial charge on any atom is -0.326 e. The predicted octanol–water partition coefficient (Wildman–Crippen LogP) is 3.66. The van der Waals surface area contributed by atoms with Crippen molar-refractivity contribution in [2.75, 3.05) is 22.1 Å². The number of carbonyl (C=O) groups is 4. The van der Waals surface area contributed by atoms with Gasteiger partial charge in [-0.1, -0.05) is 18.2 Å². The van der Waals surface area contributed by atoms with Crippen LogP contribution in [0.3, 0.4) is 0 Å². The fourth-order valence-electron chi connectivity index (χ4n) is 4.85. The van der Waals surface area contributed by atoms with Crippen molar-refractivity contribution in [2.45, 2.75) is 31.8 Å². The van der Waals surface area contributed by atoms with Gasteiger partial charge < -0.3 is 15.5 Å². The van der Waals surface area contributed by atoms with Gasteiger partial charge in [0.1, 0.15) is 5.66 Å². The van der Waals surface area contributed by atoms with Gasteiger partial charge in [-0.2, -0.15) is 0 Å². The predicted molar refractivity (Wildman–Crippen MR) is 134 cm³/mol. The van der Waals surface area contributed by atoms with Gasteiger partial charge in [-0.25, -0.2) is 0 Å². The molecule has 3 heterocycles. The molecule has 1 atom stereocenters. The van der Waals surface area contributed by atoms with Gasteiger partial charge in [0.25, 0.3) is 11.8 Å². The Morgan fingerprint density at radius 1 is 1.00 bits per heavy atom. The molecule has 0 aliphatic carbocycles. The van der Waals surface area contributed by atoms with Gasteiger partial charge in [-0.05, 0) is 55.8 Å². The number of nitrogens with one attached hydrogen (secondary N) is 2. The number of carbonyl (C=O) groups excluding carboxylic acids is 4. The molecule has 0 bridgehead atoms. The Balaban J connectivity index is 1.26. The number of aromatic nitrogens is 1. The number of amides is 4. The maximum Gasteiger partial charge on any atom is 0.257 e. The van der Waals surface area contributed by atoms with Crippen LogP contribution in [0.4, 0.5) is 17.1 Å². The zero-order valence-corrected chi connectivity index (χ0v) is 19.7. The molecule has 1 aromatic heterocycles. The van der Waals surface area contributed by atoms with Crippen LogP contribution in [0, 0.1) is 0 Å². The van der Waals surface area contributed by atoms with Crippen LogP contribution in [0.2, 0.25) is 0 Å². The van der Waals surface area contributed by atoms with Crippen LogP contribution >= 0.6 is 0 Å². The first kappa shape index (κ1) is 23.2. The van der Waals surface area contributed by atoms with Crippen molar-refractivity contribution in [1.82, 2.24) is 9.88 Å². The van der Waals surface area contributed by atoms with Crippen molar-refractivity contribution in [3.63, 3.8) is 0 Å². The molecule has 182 valence electrons. The fraction of sp³-hybridized carbons (Fsp3) is 0.222. The third kappa shape index (κ3) is 4.19. The minimum absolute atomic E-state index is 0.0305. The summed E-state index contributed by atoms with van der Waals surface area (Å²) in [6.07, 6.45) is 3.97. The topological polar surface area (TPSA) is 112 Å². The molecule has 2 aliphatic heterocycles. The first-order chi connectivity index (χ1) is 17.4. The van der Waals surface area contributed by atoms with E-state index in [1.54, 1.807) is 70.6 Å². The van der Waals surface area contributed by atoms with Crippen molar-refractivity contribution in [1.29, 1.82) is 0 Å². The molecule has 9 heteroatoms. The molecular formula is C27H25N5O4. The van der Waals surface area contributed by atoms with E-state index >= 15 is 0 Å². The highest BCUT2D eigenvalue weighted by Crippen LogP contribution is 2.43. The van der Waals surface area contributed by atoms with Gasteiger partial charge in [0.05, 0.1) is 16.8 Å². The standard InChI is InChI=1S/C27H25N5O4/c1-27-13-11-24(34)32(27)22-10-3-2-9-21(22)26(36)31(27)15-12-23(33)29-19-7-4-8-20(16-19)30-25(35)18-6-5-14-28-17-18/h2-10,14,16-17H,11-13,15H2,1H3,(H,29,33)(H,30,35)/t27-/m0/s1. The number of hydrogen-bond donors (Lipinski definition) is 2. The van der Waals surface area contributed by atoms with Crippen LogP contribution in [0.25, 0.3) is 0 Å². The number of nitrogens with zero attached hydrogens (tertiary/aromatic N) is 3. The lowest BCUT2D eigenvalue weighted by molar-refractivity contribution is -0.117. The average Bonchev–Trinajstić information content (AvgIpc) is 3.19. The minimum atomic E-state index is -0.806. The Bertz CT molecular complexity index is 1360. The summed E-state index contributed by atoms with van der Waals surface area (Å²) >= 11 is 0. The first-order valence-corrected chi connectivity index (χ1v) is 11.7. The summed E-state index contributed by atoms with van der Waals surface area (Å²) < 4.78 is 0. The second-order valence-corrected chi connectivity index (χ2v) is 8.99. The summed E-state index contributed by atoms with van der Waals surface area (Å²) in [6, 6.07) is 17.3. The number of para-hydroxylation sites is 1. The van der Waals surface area contributed by atoms with Crippen molar-refractivity contribution < 1.29 is 19.2 Å². The maximum atomic E-state index is 13.3. The van der Waals surface area contributed by atoms with Crippen LogP contribution in [-0.2, 0) is 9.59 Å². The average molecular weight is 484 g/mol. The third-order valence-corrected chi connectivity index (χ3v) is 6.64. The zero-order chi connectivity index (χ0) is 25.3. The molecule has 4 amide bonds. The maximum absolute atomic E-state index is 13.3. The SMILES string of the molecule is C[C@@]12CCC(=O)N1c1ccccc1C(=O)N2CCC(=O)Nc1cccc(NC(=O)c2cccnc2)c1. The fourth-order valence-corrected chi connectivity index (χ4v) is 4.85. The molecule has 2 aliphatic rings. The number of fused-ring (bicyclic) bond motifs is 3. The summed E-state index contributed by atoms with van der Waals surface area (Å²) in [6.45, 7) is 2.04. The van der Waals surface area contributed by atoms with E-state index in [-0.39, 0.29) is 36.6 Å². The van der Waals surface area contributed by atoms with Gasteiger partial charge in [0.2, 0.25) is 11.8 Å². The van der Waals surface area contributed by atoms with E-state index in [0.29, 0.717) is 41.0 Å². The Morgan fingerprint density at radius 2 is 1.78 bits per heavy atom. The summed E-state index contributed by atoms with van der Waals surface area (Å²) in [4.78, 5) is 58.4. The Kier molecular flexibility index (Phi) is 5.97. The smallest absolute Gasteiger partial charge is 0.257 e. The van der Waals surface area contributed by atoms with Gasteiger partial charge in [-0.3, -0.25) is 29.1 Å². The number of benzene rings is 2. The van der Waals surface area contributed by atoms with E-state index in [0.717, 1.165) is 0 Å². The highest BCUT2D eigenvalue weighted by Gasteiger charge is 2.52. The van der Waals surface area contributed by atoms with E-state index in [9.17, 15) is 19.2 Å². The molecule has 0 radical (unpaired) electrons. The monoisotopic (exact) mass is 483 g/mol. The highest BCUT2D eigenvalue weighted by atomic mass is 16.2. The molecule has 1 saturated heterocycles. The van der Waals surface area contributed by atoms with Crippen molar-refractivity contribution in [2.24, 2.45) is 0 Å². The van der Waals surface area contributed by atoms with Gasteiger partial charge in [-0.15, -0.1) is 0 Å². The number of anilines is 3. The van der Waals surface area contributed by atoms with Gasteiger partial charge in [0, 0.05) is 43.2 Å². The lowest BCUT2D eigenvalue weighted by Crippen LogP contribution is -2.62. The quantitative estimate of drug-likeness (QED) is 0.556. The van der Waals surface area contributed by atoms with Crippen LogP contribution in [0.5, 0.6) is 0 Å². The number of rotatable bonds is 6. The lowest BCUT2D eigenvalue weighted by Gasteiger charge is -2.48. The number of pyridine rings is 1. The Labute approximate surface area is 208 Å². The molecule has 0 saturated carbocycles. The second kappa shape index (κ2) is 9.26.